The lowest BCUT2D eigenvalue weighted by atomic mass is 10.1. The van der Waals surface area contributed by atoms with E-state index in [1.54, 1.807) is 18.2 Å². The SMILES string of the molecule is COc1ccc(S(=O)(=O)C[C@H]2CCOC2)cc1C(=O)Nc1ccccc1Br.S. The molecule has 9 heteroatoms. The van der Waals surface area contributed by atoms with Crippen molar-refractivity contribution < 1.29 is 22.7 Å². The van der Waals surface area contributed by atoms with E-state index >= 15 is 0 Å². The highest BCUT2D eigenvalue weighted by Crippen LogP contribution is 2.28. The Morgan fingerprint density at radius 3 is 2.68 bits per heavy atom. The number of carbonyl (C=O) groups excluding carboxylic acids is 1. The van der Waals surface area contributed by atoms with Gasteiger partial charge in [0.05, 0.1) is 35.6 Å². The minimum Gasteiger partial charge on any atom is -0.496 e. The fourth-order valence-corrected chi connectivity index (χ4v) is 4.96. The van der Waals surface area contributed by atoms with Crippen molar-refractivity contribution in [3.8, 4) is 5.75 Å². The van der Waals surface area contributed by atoms with E-state index in [0.717, 1.165) is 10.9 Å². The molecule has 1 amide bonds. The molecule has 1 aliphatic rings. The summed E-state index contributed by atoms with van der Waals surface area (Å²) in [5.74, 6) is -0.151. The Bertz CT molecular complexity index is 943. The Hall–Kier alpha value is -1.55. The monoisotopic (exact) mass is 487 g/mol. The maximum atomic E-state index is 12.7. The molecule has 0 bridgehead atoms. The van der Waals surface area contributed by atoms with Crippen LogP contribution in [-0.4, -0.2) is 40.4 Å². The van der Waals surface area contributed by atoms with Crippen LogP contribution in [0.15, 0.2) is 51.8 Å². The first-order chi connectivity index (χ1) is 12.9. The third kappa shape index (κ3) is 5.28. The molecule has 3 rings (SSSR count). The van der Waals surface area contributed by atoms with E-state index in [4.69, 9.17) is 9.47 Å². The smallest absolute Gasteiger partial charge is 0.259 e. The van der Waals surface area contributed by atoms with E-state index in [1.165, 1.54) is 25.3 Å². The molecular formula is C19H22BrNO5S2. The summed E-state index contributed by atoms with van der Waals surface area (Å²) >= 11 is 3.37. The van der Waals surface area contributed by atoms with Crippen molar-refractivity contribution in [3.63, 3.8) is 0 Å². The van der Waals surface area contributed by atoms with Gasteiger partial charge in [0.2, 0.25) is 0 Å². The van der Waals surface area contributed by atoms with Crippen LogP contribution in [0.1, 0.15) is 16.8 Å². The van der Waals surface area contributed by atoms with Gasteiger partial charge in [0, 0.05) is 11.1 Å². The first-order valence-corrected chi connectivity index (χ1v) is 10.9. The maximum Gasteiger partial charge on any atom is 0.259 e. The number of para-hydroxylation sites is 1. The molecule has 0 spiro atoms. The minimum atomic E-state index is -3.53. The van der Waals surface area contributed by atoms with Crippen LogP contribution in [0.5, 0.6) is 5.75 Å². The van der Waals surface area contributed by atoms with Gasteiger partial charge in [0.15, 0.2) is 9.84 Å². The summed E-state index contributed by atoms with van der Waals surface area (Å²) < 4.78 is 36.7. The molecule has 1 atom stereocenters. The largest absolute Gasteiger partial charge is 0.496 e. The molecule has 28 heavy (non-hydrogen) atoms. The van der Waals surface area contributed by atoms with E-state index in [1.807, 2.05) is 6.07 Å². The van der Waals surface area contributed by atoms with E-state index in [0.29, 0.717) is 24.7 Å². The number of rotatable bonds is 6. The molecule has 1 N–H and O–H groups in total. The second kappa shape index (κ2) is 9.78. The number of sulfone groups is 1. The first kappa shape index (κ1) is 22.7. The van der Waals surface area contributed by atoms with Gasteiger partial charge >= 0.3 is 0 Å². The van der Waals surface area contributed by atoms with Crippen LogP contribution < -0.4 is 10.1 Å². The lowest BCUT2D eigenvalue weighted by Gasteiger charge is -2.13. The molecule has 6 nitrogen and oxygen atoms in total. The number of methoxy groups -OCH3 is 1. The molecule has 2 aromatic carbocycles. The number of hydrogen-bond acceptors (Lipinski definition) is 5. The van der Waals surface area contributed by atoms with E-state index < -0.39 is 15.7 Å². The Labute approximate surface area is 180 Å². The van der Waals surface area contributed by atoms with E-state index in [9.17, 15) is 13.2 Å². The predicted molar refractivity (Wildman–Crippen MR) is 116 cm³/mol. The standard InChI is InChI=1S/C19H20BrNO5S.H2S/c1-25-18-7-6-14(27(23,24)12-13-8-9-26-11-13)10-15(18)19(22)21-17-5-3-2-4-16(17)20;/h2-7,10,13H,8-9,11-12H2,1H3,(H,21,22);1H2/t13-;/m0./s1. The molecule has 1 fully saturated rings. The van der Waals surface area contributed by atoms with Crippen LogP contribution in [0.2, 0.25) is 0 Å². The topological polar surface area (TPSA) is 81.7 Å². The van der Waals surface area contributed by atoms with E-state index in [-0.39, 0.29) is 35.6 Å². The summed E-state index contributed by atoms with van der Waals surface area (Å²) in [6.45, 7) is 1.03. The Kier molecular flexibility index (Phi) is 7.94. The second-order valence-corrected chi connectivity index (χ2v) is 9.20. The van der Waals surface area contributed by atoms with Crippen molar-refractivity contribution in [2.75, 3.05) is 31.4 Å². The van der Waals surface area contributed by atoms with Gasteiger partial charge < -0.3 is 14.8 Å². The van der Waals surface area contributed by atoms with Crippen LogP contribution in [0, 0.1) is 5.92 Å². The van der Waals surface area contributed by atoms with Crippen LogP contribution in [0.3, 0.4) is 0 Å². The fraction of sp³-hybridized carbons (Fsp3) is 0.316. The molecular weight excluding hydrogens is 466 g/mol. The molecule has 1 aliphatic heterocycles. The van der Waals surface area contributed by atoms with Gasteiger partial charge in [0.1, 0.15) is 5.75 Å². The van der Waals surface area contributed by atoms with Gasteiger partial charge in [-0.2, -0.15) is 13.5 Å². The van der Waals surface area contributed by atoms with Crippen LogP contribution >= 0.6 is 29.4 Å². The summed E-state index contributed by atoms with van der Waals surface area (Å²) in [5, 5.41) is 2.77. The third-order valence-electron chi connectivity index (χ3n) is 4.38. The van der Waals surface area contributed by atoms with Crippen LogP contribution in [0.4, 0.5) is 5.69 Å². The molecule has 1 heterocycles. The summed E-state index contributed by atoms with van der Waals surface area (Å²) in [6.07, 6.45) is 0.727. The van der Waals surface area contributed by atoms with Crippen LogP contribution in [-0.2, 0) is 14.6 Å². The first-order valence-electron chi connectivity index (χ1n) is 8.45. The summed E-state index contributed by atoms with van der Waals surface area (Å²) in [6, 6.07) is 11.5. The average molecular weight is 488 g/mol. The normalized spacial score (nSPS) is 16.3. The van der Waals surface area contributed by atoms with Crippen molar-refractivity contribution in [1.82, 2.24) is 0 Å². The quantitative estimate of drug-likeness (QED) is 0.672. The van der Waals surface area contributed by atoms with Crippen LogP contribution in [0.25, 0.3) is 0 Å². The highest BCUT2D eigenvalue weighted by molar-refractivity contribution is 9.10. The minimum absolute atomic E-state index is 0. The number of ether oxygens (including phenoxy) is 2. The molecule has 152 valence electrons. The molecule has 0 saturated carbocycles. The van der Waals surface area contributed by atoms with Gasteiger partial charge in [-0.25, -0.2) is 8.42 Å². The third-order valence-corrected chi connectivity index (χ3v) is 6.95. The Morgan fingerprint density at radius 2 is 2.04 bits per heavy atom. The van der Waals surface area contributed by atoms with Gasteiger partial charge in [-0.3, -0.25) is 4.79 Å². The van der Waals surface area contributed by atoms with E-state index in [2.05, 4.69) is 21.2 Å². The van der Waals surface area contributed by atoms with Crippen molar-refractivity contribution in [1.29, 1.82) is 0 Å². The number of benzene rings is 2. The van der Waals surface area contributed by atoms with Crippen molar-refractivity contribution >= 4 is 50.9 Å². The summed E-state index contributed by atoms with van der Waals surface area (Å²) in [7, 11) is -2.09. The van der Waals surface area contributed by atoms with Gasteiger partial charge in [-0.1, -0.05) is 12.1 Å². The lowest BCUT2D eigenvalue weighted by molar-refractivity contribution is 0.102. The molecule has 0 unspecified atom stereocenters. The summed E-state index contributed by atoms with van der Waals surface area (Å²) in [4.78, 5) is 12.8. The summed E-state index contributed by atoms with van der Waals surface area (Å²) in [5.41, 5.74) is 0.748. The molecule has 0 radical (unpaired) electrons. The van der Waals surface area contributed by atoms with Gasteiger partial charge in [-0.15, -0.1) is 0 Å². The number of amides is 1. The molecule has 2 aromatic rings. The lowest BCUT2D eigenvalue weighted by Crippen LogP contribution is -2.18. The molecule has 1 saturated heterocycles. The molecule has 0 aromatic heterocycles. The van der Waals surface area contributed by atoms with Crippen molar-refractivity contribution in [3.05, 3.63) is 52.5 Å². The zero-order chi connectivity index (χ0) is 19.4. The zero-order valence-corrected chi connectivity index (χ0v) is 18.7. The van der Waals surface area contributed by atoms with Crippen molar-refractivity contribution in [2.24, 2.45) is 5.92 Å². The van der Waals surface area contributed by atoms with Crippen molar-refractivity contribution in [2.45, 2.75) is 11.3 Å². The van der Waals surface area contributed by atoms with Gasteiger partial charge in [-0.05, 0) is 58.6 Å². The predicted octanol–water partition coefficient (Wildman–Crippen LogP) is 3.63. The average Bonchev–Trinajstić information content (AvgIpc) is 3.15. The fourth-order valence-electron chi connectivity index (χ4n) is 2.93. The Balaban J connectivity index is 0.00000280. The van der Waals surface area contributed by atoms with Gasteiger partial charge in [0.25, 0.3) is 5.91 Å². The Morgan fingerprint density at radius 1 is 1.29 bits per heavy atom. The highest BCUT2D eigenvalue weighted by Gasteiger charge is 2.26. The number of nitrogens with one attached hydrogen (secondary N) is 1. The number of carbonyl (C=O) groups is 1. The maximum absolute atomic E-state index is 12.7. The number of halogens is 1. The highest BCUT2D eigenvalue weighted by atomic mass is 79.9. The molecule has 0 aliphatic carbocycles. The zero-order valence-electron chi connectivity index (χ0n) is 15.3. The second-order valence-electron chi connectivity index (χ2n) is 6.31. The number of hydrogen-bond donors (Lipinski definition) is 1. The number of anilines is 1.